The van der Waals surface area contributed by atoms with Crippen LogP contribution >= 0.6 is 0 Å². The van der Waals surface area contributed by atoms with Crippen molar-refractivity contribution in [3.05, 3.63) is 22.8 Å². The Bertz CT molecular complexity index is 861. The van der Waals surface area contributed by atoms with Gasteiger partial charge in [0.05, 0.1) is 18.8 Å². The fourth-order valence-corrected chi connectivity index (χ4v) is 3.85. The molecule has 12 heteroatoms. The highest BCUT2D eigenvalue weighted by atomic mass is 19.4. The van der Waals surface area contributed by atoms with Crippen LogP contribution in [0.5, 0.6) is 0 Å². The standard InChI is InChI=1S/C19H24F5N5O2/c1-2-14-26-13-9-28(6-4-12(13)17(27-14)19(22,23)24)16(31)7-11(25)8-29-10-18(20,21)5-3-15(29)30/h11H,2-10,25H2,1H3/t11-/m0/s1. The Balaban J connectivity index is 1.66. The second-order valence-corrected chi connectivity index (χ2v) is 7.92. The van der Waals surface area contributed by atoms with Crippen LogP contribution in [0, 0.1) is 0 Å². The highest BCUT2D eigenvalue weighted by Crippen LogP contribution is 2.34. The van der Waals surface area contributed by atoms with E-state index in [1.54, 1.807) is 6.92 Å². The summed E-state index contributed by atoms with van der Waals surface area (Å²) in [6.07, 6.45) is -5.46. The molecule has 3 heterocycles. The van der Waals surface area contributed by atoms with Gasteiger partial charge in [-0.05, 0) is 6.42 Å². The molecule has 1 saturated heterocycles. The highest BCUT2D eigenvalue weighted by Gasteiger charge is 2.40. The number of hydrogen-bond donors (Lipinski definition) is 1. The van der Waals surface area contributed by atoms with Gasteiger partial charge in [0, 0.05) is 50.4 Å². The molecule has 0 spiro atoms. The Labute approximate surface area is 175 Å². The first-order valence-electron chi connectivity index (χ1n) is 10.0. The topological polar surface area (TPSA) is 92.4 Å². The van der Waals surface area contributed by atoms with E-state index >= 15 is 0 Å². The van der Waals surface area contributed by atoms with Crippen LogP contribution in [0.2, 0.25) is 0 Å². The molecule has 1 atom stereocenters. The number of hydrogen-bond acceptors (Lipinski definition) is 5. The second kappa shape index (κ2) is 8.64. The van der Waals surface area contributed by atoms with Crippen LogP contribution in [0.3, 0.4) is 0 Å². The van der Waals surface area contributed by atoms with E-state index < -0.39 is 48.6 Å². The van der Waals surface area contributed by atoms with Crippen LogP contribution in [0.25, 0.3) is 0 Å². The largest absolute Gasteiger partial charge is 0.433 e. The summed E-state index contributed by atoms with van der Waals surface area (Å²) in [5.41, 5.74) is 5.09. The van der Waals surface area contributed by atoms with Crippen molar-refractivity contribution < 1.29 is 31.5 Å². The smallest absolute Gasteiger partial charge is 0.336 e. The van der Waals surface area contributed by atoms with Gasteiger partial charge in [0.15, 0.2) is 5.69 Å². The number of likely N-dealkylation sites (tertiary alicyclic amines) is 1. The number of piperidine rings is 1. The van der Waals surface area contributed by atoms with Crippen molar-refractivity contribution >= 4 is 11.8 Å². The van der Waals surface area contributed by atoms with Gasteiger partial charge in [0.25, 0.3) is 5.92 Å². The van der Waals surface area contributed by atoms with E-state index in [0.717, 1.165) is 4.90 Å². The zero-order valence-electron chi connectivity index (χ0n) is 17.0. The van der Waals surface area contributed by atoms with E-state index in [-0.39, 0.29) is 62.4 Å². The average Bonchev–Trinajstić information content (AvgIpc) is 2.68. The van der Waals surface area contributed by atoms with Crippen LogP contribution in [-0.4, -0.2) is 63.2 Å². The maximum absolute atomic E-state index is 13.5. The SMILES string of the molecule is CCc1nc2c(c(C(F)(F)F)n1)CCN(C(=O)C[C@H](N)CN1CC(F)(F)CCC1=O)C2. The van der Waals surface area contributed by atoms with Crippen molar-refractivity contribution in [2.45, 2.75) is 63.7 Å². The molecule has 2 aliphatic rings. The number of rotatable bonds is 5. The van der Waals surface area contributed by atoms with Crippen molar-refractivity contribution in [2.75, 3.05) is 19.6 Å². The van der Waals surface area contributed by atoms with Crippen molar-refractivity contribution in [1.29, 1.82) is 0 Å². The van der Waals surface area contributed by atoms with Crippen LogP contribution in [0.4, 0.5) is 22.0 Å². The number of amides is 2. The van der Waals surface area contributed by atoms with Gasteiger partial charge in [-0.1, -0.05) is 6.92 Å². The average molecular weight is 449 g/mol. The van der Waals surface area contributed by atoms with Gasteiger partial charge in [-0.2, -0.15) is 13.2 Å². The van der Waals surface area contributed by atoms with Crippen molar-refractivity contribution in [3.63, 3.8) is 0 Å². The van der Waals surface area contributed by atoms with Crippen LogP contribution in [0.15, 0.2) is 0 Å². The molecule has 172 valence electrons. The molecule has 0 saturated carbocycles. The second-order valence-electron chi connectivity index (χ2n) is 7.92. The predicted molar refractivity (Wildman–Crippen MR) is 98.9 cm³/mol. The third-order valence-corrected chi connectivity index (χ3v) is 5.42. The summed E-state index contributed by atoms with van der Waals surface area (Å²) in [7, 11) is 0. The molecule has 1 aromatic rings. The number of aromatic nitrogens is 2. The lowest BCUT2D eigenvalue weighted by Crippen LogP contribution is -2.51. The van der Waals surface area contributed by atoms with E-state index in [4.69, 9.17) is 5.73 Å². The van der Waals surface area contributed by atoms with E-state index in [1.807, 2.05) is 0 Å². The quantitative estimate of drug-likeness (QED) is 0.694. The third-order valence-electron chi connectivity index (χ3n) is 5.42. The number of aryl methyl sites for hydroxylation is 1. The van der Waals surface area contributed by atoms with Gasteiger partial charge < -0.3 is 15.5 Å². The molecule has 2 aliphatic heterocycles. The Morgan fingerprint density at radius 3 is 2.61 bits per heavy atom. The van der Waals surface area contributed by atoms with Gasteiger partial charge in [-0.25, -0.2) is 18.7 Å². The number of carbonyl (C=O) groups is 2. The van der Waals surface area contributed by atoms with Gasteiger partial charge in [-0.3, -0.25) is 9.59 Å². The van der Waals surface area contributed by atoms with Crippen LogP contribution < -0.4 is 5.73 Å². The molecule has 31 heavy (non-hydrogen) atoms. The van der Waals surface area contributed by atoms with E-state index in [9.17, 15) is 31.5 Å². The lowest BCUT2D eigenvalue weighted by molar-refractivity contribution is -0.148. The first-order valence-corrected chi connectivity index (χ1v) is 10.0. The summed E-state index contributed by atoms with van der Waals surface area (Å²) in [6.45, 7) is 0.641. The van der Waals surface area contributed by atoms with Gasteiger partial charge in [0.2, 0.25) is 11.8 Å². The lowest BCUT2D eigenvalue weighted by atomic mass is 10.0. The predicted octanol–water partition coefficient (Wildman–Crippen LogP) is 1.92. The van der Waals surface area contributed by atoms with E-state index in [1.165, 1.54) is 4.90 Å². The van der Waals surface area contributed by atoms with Crippen LogP contribution in [-0.2, 0) is 35.2 Å². The van der Waals surface area contributed by atoms with Crippen molar-refractivity contribution in [1.82, 2.24) is 19.8 Å². The summed E-state index contributed by atoms with van der Waals surface area (Å²) in [5.74, 6) is -3.81. The third kappa shape index (κ3) is 5.46. The zero-order valence-corrected chi connectivity index (χ0v) is 17.0. The number of nitrogens with zero attached hydrogens (tertiary/aromatic N) is 4. The molecular weight excluding hydrogens is 425 g/mol. The summed E-state index contributed by atoms with van der Waals surface area (Å²) in [4.78, 5) is 34.6. The number of alkyl halides is 5. The summed E-state index contributed by atoms with van der Waals surface area (Å²) in [5, 5.41) is 0. The summed E-state index contributed by atoms with van der Waals surface area (Å²) >= 11 is 0. The molecule has 7 nitrogen and oxygen atoms in total. The molecular formula is C19H24F5N5O2. The Morgan fingerprint density at radius 2 is 1.97 bits per heavy atom. The minimum absolute atomic E-state index is 0.0146. The minimum Gasteiger partial charge on any atom is -0.336 e. The Hall–Kier alpha value is -2.37. The first kappa shape index (κ1) is 23.3. The molecule has 0 aliphatic carbocycles. The van der Waals surface area contributed by atoms with E-state index in [2.05, 4.69) is 9.97 Å². The molecule has 2 amide bonds. The number of carbonyl (C=O) groups excluding carboxylic acids is 2. The molecule has 0 radical (unpaired) electrons. The summed E-state index contributed by atoms with van der Waals surface area (Å²) < 4.78 is 67.2. The van der Waals surface area contributed by atoms with E-state index in [0.29, 0.717) is 0 Å². The molecule has 1 aromatic heterocycles. The van der Waals surface area contributed by atoms with Crippen molar-refractivity contribution in [2.24, 2.45) is 5.73 Å². The Kier molecular flexibility index (Phi) is 6.49. The highest BCUT2D eigenvalue weighted by molar-refractivity contribution is 5.78. The van der Waals surface area contributed by atoms with Gasteiger partial charge >= 0.3 is 6.18 Å². The molecule has 1 fully saturated rings. The maximum Gasteiger partial charge on any atom is 0.433 e. The monoisotopic (exact) mass is 449 g/mol. The maximum atomic E-state index is 13.5. The molecule has 0 bridgehead atoms. The molecule has 2 N–H and O–H groups in total. The summed E-state index contributed by atoms with van der Waals surface area (Å²) in [6, 6.07) is -0.867. The van der Waals surface area contributed by atoms with Crippen LogP contribution in [0.1, 0.15) is 49.0 Å². The number of halogens is 5. The normalized spacial score (nSPS) is 19.9. The van der Waals surface area contributed by atoms with Crippen molar-refractivity contribution in [3.8, 4) is 0 Å². The fraction of sp³-hybridized carbons (Fsp3) is 0.684. The zero-order chi connectivity index (χ0) is 23.0. The van der Waals surface area contributed by atoms with Gasteiger partial charge in [-0.15, -0.1) is 0 Å². The number of fused-ring (bicyclic) bond motifs is 1. The Morgan fingerprint density at radius 1 is 1.26 bits per heavy atom. The molecule has 0 unspecified atom stereocenters. The lowest BCUT2D eigenvalue weighted by Gasteiger charge is -2.34. The molecule has 3 rings (SSSR count). The number of nitrogens with two attached hydrogens (primary N) is 1. The fourth-order valence-electron chi connectivity index (χ4n) is 3.85. The molecule has 0 aromatic carbocycles. The minimum atomic E-state index is -4.62. The van der Waals surface area contributed by atoms with Gasteiger partial charge in [0.1, 0.15) is 5.82 Å². The first-order chi connectivity index (χ1) is 14.4.